The fraction of sp³-hybridized carbons (Fsp3) is 0.430. The molecule has 7 aromatic carbocycles. The van der Waals surface area contributed by atoms with Gasteiger partial charge in [-0.05, 0) is 184 Å². The summed E-state index contributed by atoms with van der Waals surface area (Å²) in [6.07, 6.45) is 7.18. The minimum absolute atomic E-state index is 0.195. The maximum Gasteiger partial charge on any atom is 0.165 e. The van der Waals surface area contributed by atoms with Gasteiger partial charge in [0, 0.05) is 35.1 Å². The van der Waals surface area contributed by atoms with Gasteiger partial charge in [-0.3, -0.25) is 4.98 Å². The van der Waals surface area contributed by atoms with Crippen molar-refractivity contribution in [2.75, 3.05) is 51.5 Å². The van der Waals surface area contributed by atoms with Crippen molar-refractivity contribution in [3.8, 4) is 34.5 Å². The van der Waals surface area contributed by atoms with Crippen molar-refractivity contribution in [1.82, 2.24) is 4.98 Å². The van der Waals surface area contributed by atoms with Crippen molar-refractivity contribution in [3.63, 3.8) is 0 Å². The lowest BCUT2D eigenvalue weighted by atomic mass is 9.90. The van der Waals surface area contributed by atoms with Crippen molar-refractivity contribution in [2.45, 2.75) is 177 Å². The molecular weight excluding hydrogens is 1160 g/mol. The largest absolute Gasteiger partial charge is 0.493 e. The number of nitrogens with one attached hydrogen (secondary N) is 1. The summed E-state index contributed by atoms with van der Waals surface area (Å²) in [7, 11) is 0. The monoisotopic (exact) mass is 1260 g/mol. The van der Waals surface area contributed by atoms with E-state index in [1.165, 1.54) is 61.9 Å². The van der Waals surface area contributed by atoms with Crippen molar-refractivity contribution in [1.29, 1.82) is 0 Å². The Balaban J connectivity index is 0.000000150. The molecule has 5 aliphatic rings. The first-order chi connectivity index (χ1) is 43.1. The van der Waals surface area contributed by atoms with E-state index in [1.54, 1.807) is 6.07 Å². The van der Waals surface area contributed by atoms with Crippen LogP contribution in [0.2, 0.25) is 10.0 Å². The maximum atomic E-state index is 13.7. The Bertz CT molecular complexity index is 3470. The Hall–Kier alpha value is -6.94. The maximum absolute atomic E-state index is 13.7. The van der Waals surface area contributed by atoms with Crippen LogP contribution in [0.1, 0.15) is 212 Å². The lowest BCUT2D eigenvalue weighted by molar-refractivity contribution is 0.171. The molecule has 5 aliphatic heterocycles. The molecule has 1 N–H and O–H groups in total. The first-order valence-electron chi connectivity index (χ1n) is 32.8. The van der Waals surface area contributed by atoms with Gasteiger partial charge in [-0.1, -0.05) is 193 Å². The van der Waals surface area contributed by atoms with Gasteiger partial charge in [0.15, 0.2) is 23.1 Å². The van der Waals surface area contributed by atoms with E-state index in [0.29, 0.717) is 73.6 Å². The number of ether oxygens (including phenoxy) is 6. The molecule has 1 aromatic heterocycles. The van der Waals surface area contributed by atoms with Crippen molar-refractivity contribution >= 4 is 39.8 Å². The molecule has 0 bridgehead atoms. The second-order valence-electron chi connectivity index (χ2n) is 25.7. The highest BCUT2D eigenvalue weighted by atomic mass is 35.5. The average Bonchev–Trinajstić information content (AvgIpc) is 1.05. The minimum Gasteiger partial charge on any atom is -0.493 e. The molecule has 90 heavy (non-hydrogen) atoms. The van der Waals surface area contributed by atoms with Crippen LogP contribution in [0.3, 0.4) is 0 Å². The topological polar surface area (TPSA) is 80.3 Å². The summed E-state index contributed by atoms with van der Waals surface area (Å²) in [5.74, 6) is 8.72. The summed E-state index contributed by atoms with van der Waals surface area (Å²) < 4.78 is 46.8. The van der Waals surface area contributed by atoms with Crippen molar-refractivity contribution < 1.29 is 32.8 Å². The molecule has 0 fully saturated rings. The van der Waals surface area contributed by atoms with Crippen molar-refractivity contribution in [3.05, 3.63) is 211 Å². The summed E-state index contributed by atoms with van der Waals surface area (Å²) in [6, 6.07) is 43.2. The first-order valence-corrected chi connectivity index (χ1v) is 33.5. The van der Waals surface area contributed by atoms with E-state index in [4.69, 9.17) is 51.6 Å². The Labute approximate surface area is 548 Å². The number of rotatable bonds is 7. The quantitative estimate of drug-likeness (QED) is 0.169. The zero-order valence-corrected chi connectivity index (χ0v) is 57.8. The highest BCUT2D eigenvalue weighted by Crippen LogP contribution is 2.41. The van der Waals surface area contributed by atoms with Crippen molar-refractivity contribution in [2.24, 2.45) is 0 Å². The molecule has 8 aromatic rings. The summed E-state index contributed by atoms with van der Waals surface area (Å²) in [5.41, 5.74) is 16.2. The third-order valence-electron chi connectivity index (χ3n) is 16.6. The van der Waals surface area contributed by atoms with E-state index in [0.717, 1.165) is 107 Å². The number of halogens is 3. The zero-order valence-electron chi connectivity index (χ0n) is 56.3. The number of hydrogen-bond acceptors (Lipinski definition) is 8. The van der Waals surface area contributed by atoms with Crippen LogP contribution < -0.4 is 33.7 Å². The Kier molecular flexibility index (Phi) is 27.0. The van der Waals surface area contributed by atoms with Gasteiger partial charge in [-0.15, -0.1) is 0 Å². The molecule has 8 nitrogen and oxygen atoms in total. The fourth-order valence-corrected chi connectivity index (χ4v) is 11.7. The first kappa shape index (κ1) is 70.5. The van der Waals surface area contributed by atoms with Gasteiger partial charge >= 0.3 is 0 Å². The summed E-state index contributed by atoms with van der Waals surface area (Å²) >= 11 is 12.0. The number of pyridine rings is 1. The normalized spacial score (nSPS) is 13.8. The van der Waals surface area contributed by atoms with Gasteiger partial charge in [0.2, 0.25) is 0 Å². The molecule has 0 spiro atoms. The van der Waals surface area contributed by atoms with E-state index >= 15 is 0 Å². The lowest BCUT2D eigenvalue weighted by Crippen LogP contribution is -2.18. The van der Waals surface area contributed by atoms with Crippen LogP contribution in [-0.2, 0) is 19.3 Å². The minimum atomic E-state index is -0.195. The van der Waals surface area contributed by atoms with E-state index in [9.17, 15) is 4.39 Å². The Morgan fingerprint density at radius 3 is 1.61 bits per heavy atom. The number of aromatic nitrogens is 1. The average molecular weight is 1260 g/mol. The molecule has 13 rings (SSSR count). The predicted octanol–water partition coefficient (Wildman–Crippen LogP) is 22.1. The Morgan fingerprint density at radius 2 is 0.967 bits per heavy atom. The number of hydrogen-bond donors (Lipinski definition) is 1. The molecule has 0 radical (unpaired) electrons. The number of fused-ring (bicyclic) bond motifs is 4. The second-order valence-corrected chi connectivity index (χ2v) is 26.5. The SMILES string of the molecule is CC(C)c1ccc(Cl)cc1.CC(C)c1ccc2c(c1)CCCO2.CC(C)c1ccc2c(c1)OCCO2.CC(C)c1ccc2c(c1Cl)NCCO2.CC(C)c1ccc2c3c(ccnc13)CCO2.CC(C)c1ccccc1.Cc1c(C(C)C)cc(F)c2c1CCCO2. The molecular formula is C79H99Cl2FN2O6. The van der Waals surface area contributed by atoms with Crippen LogP contribution in [-0.4, -0.2) is 51.2 Å². The van der Waals surface area contributed by atoms with Crippen LogP contribution in [0.5, 0.6) is 34.5 Å². The molecule has 0 atom stereocenters. The van der Waals surface area contributed by atoms with Gasteiger partial charge in [-0.25, -0.2) is 4.39 Å². The molecule has 0 amide bonds. The predicted molar refractivity (Wildman–Crippen MR) is 376 cm³/mol. The van der Waals surface area contributed by atoms with E-state index in [1.807, 2.05) is 42.6 Å². The third-order valence-corrected chi connectivity index (χ3v) is 17.2. The summed E-state index contributed by atoms with van der Waals surface area (Å²) in [6.45, 7) is 37.7. The van der Waals surface area contributed by atoms with Crippen LogP contribution in [0.25, 0.3) is 10.9 Å². The smallest absolute Gasteiger partial charge is 0.165 e. The van der Waals surface area contributed by atoms with Crippen LogP contribution in [0, 0.1) is 12.7 Å². The molecule has 6 heterocycles. The number of nitrogens with zero attached hydrogens (tertiary/aromatic N) is 1. The second kappa shape index (κ2) is 34.5. The van der Waals surface area contributed by atoms with E-state index in [2.05, 4.69) is 199 Å². The molecule has 0 saturated heterocycles. The molecule has 0 saturated carbocycles. The summed E-state index contributed by atoms with van der Waals surface area (Å²) in [4.78, 5) is 4.53. The molecule has 0 aliphatic carbocycles. The van der Waals surface area contributed by atoms with Gasteiger partial charge in [0.05, 0.1) is 36.0 Å². The van der Waals surface area contributed by atoms with Gasteiger partial charge in [0.1, 0.15) is 37.1 Å². The van der Waals surface area contributed by atoms with Crippen LogP contribution in [0.4, 0.5) is 10.1 Å². The van der Waals surface area contributed by atoms with Crippen LogP contribution in [0.15, 0.2) is 134 Å². The highest BCUT2D eigenvalue weighted by molar-refractivity contribution is 6.34. The van der Waals surface area contributed by atoms with E-state index in [-0.39, 0.29) is 5.82 Å². The third kappa shape index (κ3) is 19.5. The number of aryl methyl sites for hydroxylation is 1. The number of anilines is 1. The zero-order chi connectivity index (χ0) is 65.0. The molecule has 482 valence electrons. The van der Waals surface area contributed by atoms with Gasteiger partial charge in [-0.2, -0.15) is 0 Å². The molecule has 11 heteroatoms. The summed E-state index contributed by atoms with van der Waals surface area (Å²) in [5, 5.41) is 6.10. The van der Waals surface area contributed by atoms with Crippen LogP contribution >= 0.6 is 23.2 Å². The highest BCUT2D eigenvalue weighted by Gasteiger charge is 2.22. The standard InChI is InChI=1S/C14H15NO.C13H17FO.C12H16O.C11H14ClNO.C11H14O2.C9H11Cl.C9H12/c1-9(2)11-3-4-12-13-10(6-8-16-12)5-7-15-14(11)13;1-8(2)11-7-12(14)13-10(9(11)3)5-4-6-15-13;1-9(2)10-5-6-12-11(8-10)4-3-7-13-12;1-7(2)8-3-4-9-11(10(8)12)13-5-6-14-9;1-8(2)9-3-4-10-11(7-9)13-6-5-12-10;1-7(2)8-3-5-9(10)6-4-8;1-8(2)9-6-4-3-5-7-9/h3-5,7,9H,6,8H2,1-2H3;7-8H,4-6H2,1-3H3;5-6,8-9H,3-4,7H2,1-2H3;3-4,7,13H,5-6H2,1-2H3;3-4,7-8H,5-6H2,1-2H3;3-7H,1-2H3;3-8H,1-2H3. The van der Waals surface area contributed by atoms with Gasteiger partial charge < -0.3 is 33.7 Å². The lowest BCUT2D eigenvalue weighted by Gasteiger charge is -2.23. The van der Waals surface area contributed by atoms with Gasteiger partial charge in [0.25, 0.3) is 0 Å². The fourth-order valence-electron chi connectivity index (χ4n) is 11.2. The van der Waals surface area contributed by atoms with E-state index < -0.39 is 0 Å². The molecule has 0 unspecified atom stereocenters. The Morgan fingerprint density at radius 1 is 0.433 bits per heavy atom. The number of benzene rings is 7.